The van der Waals surface area contributed by atoms with Crippen molar-refractivity contribution in [2.75, 3.05) is 26.2 Å². The molecule has 0 aromatic heterocycles. The van der Waals surface area contributed by atoms with E-state index in [2.05, 4.69) is 24.1 Å². The lowest BCUT2D eigenvalue weighted by molar-refractivity contribution is -0.385. The molecular weight excluding hydrogens is 306 g/mol. The number of nitro benzene ring substituents is 1. The maximum atomic E-state index is 12.1. The molecule has 1 aliphatic rings. The summed E-state index contributed by atoms with van der Waals surface area (Å²) in [6, 6.07) is 4.59. The van der Waals surface area contributed by atoms with Crippen LogP contribution in [0.4, 0.5) is 5.69 Å². The average molecular weight is 333 g/mol. The second kappa shape index (κ2) is 8.24. The van der Waals surface area contributed by atoms with E-state index in [-0.39, 0.29) is 11.6 Å². The number of benzene rings is 1. The summed E-state index contributed by atoms with van der Waals surface area (Å²) in [7, 11) is 0. The van der Waals surface area contributed by atoms with Crippen LogP contribution >= 0.6 is 0 Å². The number of likely N-dealkylation sites (tertiary alicyclic amines) is 1. The number of nitro groups is 1. The number of amides is 1. The Hall–Kier alpha value is -1.95. The lowest BCUT2D eigenvalue weighted by Gasteiger charge is -2.34. The van der Waals surface area contributed by atoms with Crippen molar-refractivity contribution in [1.82, 2.24) is 10.2 Å². The van der Waals surface area contributed by atoms with E-state index in [0.29, 0.717) is 17.7 Å². The highest BCUT2D eigenvalue weighted by atomic mass is 16.6. The summed E-state index contributed by atoms with van der Waals surface area (Å²) in [6.45, 7) is 10.1. The minimum atomic E-state index is -0.454. The molecule has 132 valence electrons. The molecule has 0 bridgehead atoms. The van der Waals surface area contributed by atoms with Gasteiger partial charge in [0.15, 0.2) is 0 Å². The smallest absolute Gasteiger partial charge is 0.273 e. The quantitative estimate of drug-likeness (QED) is 0.493. The van der Waals surface area contributed by atoms with Gasteiger partial charge in [-0.3, -0.25) is 14.9 Å². The molecule has 0 aliphatic carbocycles. The Labute approximate surface area is 143 Å². The molecule has 1 saturated heterocycles. The van der Waals surface area contributed by atoms with Crippen LogP contribution in [0.25, 0.3) is 0 Å². The summed E-state index contributed by atoms with van der Waals surface area (Å²) in [5.41, 5.74) is 0.886. The third kappa shape index (κ3) is 5.03. The van der Waals surface area contributed by atoms with Crippen molar-refractivity contribution in [3.63, 3.8) is 0 Å². The zero-order chi connectivity index (χ0) is 17.7. The first-order valence-corrected chi connectivity index (χ1v) is 8.62. The second-order valence-corrected chi connectivity index (χ2v) is 7.07. The first-order valence-electron chi connectivity index (χ1n) is 8.62. The van der Waals surface area contributed by atoms with E-state index in [1.165, 1.54) is 12.5 Å². The number of aryl methyl sites for hydroxylation is 1. The topological polar surface area (TPSA) is 75.5 Å². The number of hydrogen-bond acceptors (Lipinski definition) is 4. The Balaban J connectivity index is 1.79. The van der Waals surface area contributed by atoms with Gasteiger partial charge in [0.05, 0.1) is 4.92 Å². The van der Waals surface area contributed by atoms with Gasteiger partial charge < -0.3 is 10.2 Å². The van der Waals surface area contributed by atoms with Crippen LogP contribution in [0.5, 0.6) is 0 Å². The molecule has 6 heteroatoms. The van der Waals surface area contributed by atoms with Crippen molar-refractivity contribution in [1.29, 1.82) is 0 Å². The Morgan fingerprint density at radius 2 is 2.00 bits per heavy atom. The minimum absolute atomic E-state index is 0.0149. The molecule has 1 amide bonds. The molecule has 0 radical (unpaired) electrons. The van der Waals surface area contributed by atoms with Gasteiger partial charge in [-0.05, 0) is 44.2 Å². The maximum absolute atomic E-state index is 12.1. The van der Waals surface area contributed by atoms with Crippen molar-refractivity contribution < 1.29 is 9.72 Å². The van der Waals surface area contributed by atoms with Crippen LogP contribution in [0.1, 0.15) is 42.6 Å². The summed E-state index contributed by atoms with van der Waals surface area (Å²) >= 11 is 0. The summed E-state index contributed by atoms with van der Waals surface area (Å²) in [4.78, 5) is 25.1. The molecule has 0 unspecified atom stereocenters. The van der Waals surface area contributed by atoms with E-state index in [1.807, 2.05) is 0 Å². The molecule has 1 aromatic carbocycles. The normalized spacial score (nSPS) is 21.5. The predicted molar refractivity (Wildman–Crippen MR) is 94.2 cm³/mol. The van der Waals surface area contributed by atoms with Crippen LogP contribution in [0.15, 0.2) is 18.2 Å². The van der Waals surface area contributed by atoms with Gasteiger partial charge >= 0.3 is 0 Å². The summed E-state index contributed by atoms with van der Waals surface area (Å²) in [5, 5.41) is 13.8. The van der Waals surface area contributed by atoms with Gasteiger partial charge in [-0.15, -0.1) is 0 Å². The fourth-order valence-electron chi connectivity index (χ4n) is 3.53. The largest absolute Gasteiger partial charge is 0.352 e. The van der Waals surface area contributed by atoms with Crippen molar-refractivity contribution in [2.24, 2.45) is 11.8 Å². The number of piperidine rings is 1. The highest BCUT2D eigenvalue weighted by molar-refractivity contribution is 5.94. The average Bonchev–Trinajstić information content (AvgIpc) is 2.50. The van der Waals surface area contributed by atoms with Gasteiger partial charge in [-0.1, -0.05) is 19.9 Å². The van der Waals surface area contributed by atoms with Gasteiger partial charge in [-0.25, -0.2) is 0 Å². The van der Waals surface area contributed by atoms with E-state index in [0.717, 1.165) is 37.9 Å². The Kier molecular flexibility index (Phi) is 6.31. The molecule has 1 aromatic rings. The Morgan fingerprint density at radius 1 is 1.33 bits per heavy atom. The summed E-state index contributed by atoms with van der Waals surface area (Å²) in [5.74, 6) is 1.21. The third-order valence-electron chi connectivity index (χ3n) is 4.55. The number of nitrogens with one attached hydrogen (secondary N) is 1. The van der Waals surface area contributed by atoms with Crippen molar-refractivity contribution in [3.8, 4) is 0 Å². The van der Waals surface area contributed by atoms with Crippen molar-refractivity contribution >= 4 is 11.6 Å². The summed E-state index contributed by atoms with van der Waals surface area (Å²) in [6.07, 6.45) is 2.18. The SMILES string of the molecule is Cc1ccc(C(=O)NCCCN2C[C@@H](C)C[C@H](C)C2)cc1[N+](=O)[O-]. The van der Waals surface area contributed by atoms with Gasteiger partial charge in [0.25, 0.3) is 11.6 Å². The fraction of sp³-hybridized carbons (Fsp3) is 0.611. The number of carbonyl (C=O) groups is 1. The monoisotopic (exact) mass is 333 g/mol. The Bertz CT molecular complexity index is 593. The molecule has 2 atom stereocenters. The van der Waals surface area contributed by atoms with Crippen LogP contribution in [0, 0.1) is 28.9 Å². The van der Waals surface area contributed by atoms with Gasteiger partial charge in [0, 0.05) is 36.8 Å². The molecule has 2 rings (SSSR count). The highest BCUT2D eigenvalue weighted by Gasteiger charge is 2.21. The number of nitrogens with zero attached hydrogens (tertiary/aromatic N) is 2. The van der Waals surface area contributed by atoms with Crippen LogP contribution in [-0.4, -0.2) is 41.9 Å². The minimum Gasteiger partial charge on any atom is -0.352 e. The molecule has 1 heterocycles. The fourth-order valence-corrected chi connectivity index (χ4v) is 3.53. The molecule has 0 spiro atoms. The molecular formula is C18H27N3O3. The molecule has 24 heavy (non-hydrogen) atoms. The number of carbonyl (C=O) groups excluding carboxylic acids is 1. The van der Waals surface area contributed by atoms with E-state index < -0.39 is 4.92 Å². The van der Waals surface area contributed by atoms with E-state index in [9.17, 15) is 14.9 Å². The molecule has 0 saturated carbocycles. The first-order chi connectivity index (χ1) is 11.4. The molecule has 1 fully saturated rings. The first kappa shape index (κ1) is 18.4. The van der Waals surface area contributed by atoms with Crippen molar-refractivity contribution in [3.05, 3.63) is 39.4 Å². The maximum Gasteiger partial charge on any atom is 0.273 e. The Morgan fingerprint density at radius 3 is 2.62 bits per heavy atom. The van der Waals surface area contributed by atoms with Crippen LogP contribution in [-0.2, 0) is 0 Å². The molecule has 1 N–H and O–H groups in total. The molecule has 1 aliphatic heterocycles. The van der Waals surface area contributed by atoms with Gasteiger partial charge in [0.1, 0.15) is 0 Å². The highest BCUT2D eigenvalue weighted by Crippen LogP contribution is 2.21. The van der Waals surface area contributed by atoms with E-state index in [4.69, 9.17) is 0 Å². The van der Waals surface area contributed by atoms with Crippen LogP contribution in [0.2, 0.25) is 0 Å². The number of rotatable bonds is 6. The lowest BCUT2D eigenvalue weighted by Crippen LogP contribution is -2.40. The lowest BCUT2D eigenvalue weighted by atomic mass is 9.92. The van der Waals surface area contributed by atoms with Crippen molar-refractivity contribution in [2.45, 2.75) is 33.6 Å². The second-order valence-electron chi connectivity index (χ2n) is 7.07. The summed E-state index contributed by atoms with van der Waals surface area (Å²) < 4.78 is 0. The zero-order valence-corrected chi connectivity index (χ0v) is 14.7. The standard InChI is InChI=1S/C18H27N3O3/c1-13-9-14(2)12-20(11-13)8-4-7-19-18(22)16-6-5-15(3)17(10-16)21(23)24/h5-6,10,13-14H,4,7-9,11-12H2,1-3H3,(H,19,22)/t13-,14-/m0/s1. The van der Waals surface area contributed by atoms with Gasteiger partial charge in [0.2, 0.25) is 0 Å². The third-order valence-corrected chi connectivity index (χ3v) is 4.55. The predicted octanol–water partition coefficient (Wildman–Crippen LogP) is 3.00. The van der Waals surface area contributed by atoms with Crippen LogP contribution in [0.3, 0.4) is 0 Å². The van der Waals surface area contributed by atoms with Crippen LogP contribution < -0.4 is 5.32 Å². The van der Waals surface area contributed by atoms with E-state index in [1.54, 1.807) is 19.1 Å². The van der Waals surface area contributed by atoms with Gasteiger partial charge in [-0.2, -0.15) is 0 Å². The molecule has 6 nitrogen and oxygen atoms in total. The number of hydrogen-bond donors (Lipinski definition) is 1. The van der Waals surface area contributed by atoms with E-state index >= 15 is 0 Å². The zero-order valence-electron chi connectivity index (χ0n) is 14.7.